The van der Waals surface area contributed by atoms with Gasteiger partial charge in [-0.2, -0.15) is 0 Å². The lowest BCUT2D eigenvalue weighted by molar-refractivity contribution is -0.131. The molecule has 0 spiro atoms. The fourth-order valence-corrected chi connectivity index (χ4v) is 4.16. The molecular formula is C22H33N3O2. The predicted octanol–water partition coefficient (Wildman–Crippen LogP) is 3.50. The number of aryl methyl sites for hydroxylation is 2. The number of rotatable bonds is 4. The molecule has 3 rings (SSSR count). The van der Waals surface area contributed by atoms with E-state index in [9.17, 15) is 9.59 Å². The van der Waals surface area contributed by atoms with Crippen LogP contribution in [0.15, 0.2) is 24.3 Å². The number of amides is 3. The van der Waals surface area contributed by atoms with E-state index in [-0.39, 0.29) is 11.9 Å². The highest BCUT2D eigenvalue weighted by Crippen LogP contribution is 2.18. The van der Waals surface area contributed by atoms with E-state index in [1.54, 1.807) is 0 Å². The Morgan fingerprint density at radius 2 is 1.74 bits per heavy atom. The number of hydrogen-bond acceptors (Lipinski definition) is 2. The van der Waals surface area contributed by atoms with Crippen LogP contribution in [0.2, 0.25) is 0 Å². The van der Waals surface area contributed by atoms with Crippen molar-refractivity contribution in [2.75, 3.05) is 26.2 Å². The molecule has 0 aromatic heterocycles. The Labute approximate surface area is 163 Å². The molecule has 1 saturated heterocycles. The van der Waals surface area contributed by atoms with Gasteiger partial charge in [0.25, 0.3) is 0 Å². The van der Waals surface area contributed by atoms with Gasteiger partial charge in [-0.25, -0.2) is 4.79 Å². The summed E-state index contributed by atoms with van der Waals surface area (Å²) >= 11 is 0. The topological polar surface area (TPSA) is 52.7 Å². The van der Waals surface area contributed by atoms with E-state index < -0.39 is 0 Å². The molecule has 0 radical (unpaired) electrons. The van der Waals surface area contributed by atoms with Crippen molar-refractivity contribution in [1.82, 2.24) is 15.1 Å². The Balaban J connectivity index is 1.44. The number of benzene rings is 1. The van der Waals surface area contributed by atoms with E-state index >= 15 is 0 Å². The first-order chi connectivity index (χ1) is 13.1. The van der Waals surface area contributed by atoms with Gasteiger partial charge >= 0.3 is 6.03 Å². The summed E-state index contributed by atoms with van der Waals surface area (Å²) in [5.41, 5.74) is 2.45. The molecule has 2 fully saturated rings. The van der Waals surface area contributed by atoms with Gasteiger partial charge in [-0.1, -0.05) is 49.1 Å². The average molecular weight is 372 g/mol. The molecule has 1 aliphatic heterocycles. The molecular weight excluding hydrogens is 338 g/mol. The van der Waals surface area contributed by atoms with Crippen molar-refractivity contribution < 1.29 is 9.59 Å². The lowest BCUT2D eigenvalue weighted by Gasteiger charge is -2.27. The number of nitrogens with zero attached hydrogens (tertiary/aromatic N) is 2. The normalized spacial score (nSPS) is 18.9. The highest BCUT2D eigenvalue weighted by Gasteiger charge is 2.24. The maximum atomic E-state index is 12.6. The van der Waals surface area contributed by atoms with Crippen LogP contribution < -0.4 is 5.32 Å². The van der Waals surface area contributed by atoms with Gasteiger partial charge < -0.3 is 15.1 Å². The summed E-state index contributed by atoms with van der Waals surface area (Å²) in [5, 5.41) is 3.20. The summed E-state index contributed by atoms with van der Waals surface area (Å²) in [6.07, 6.45) is 8.10. The first-order valence-electron chi connectivity index (χ1n) is 10.5. The Kier molecular flexibility index (Phi) is 7.13. The highest BCUT2D eigenvalue weighted by atomic mass is 16.2. The van der Waals surface area contributed by atoms with Crippen LogP contribution in [-0.2, 0) is 11.2 Å². The zero-order valence-corrected chi connectivity index (χ0v) is 16.6. The molecule has 27 heavy (non-hydrogen) atoms. The van der Waals surface area contributed by atoms with Crippen LogP contribution >= 0.6 is 0 Å². The molecule has 5 nitrogen and oxygen atoms in total. The fourth-order valence-electron chi connectivity index (χ4n) is 4.16. The highest BCUT2D eigenvalue weighted by molar-refractivity contribution is 5.77. The monoisotopic (exact) mass is 371 g/mol. The van der Waals surface area contributed by atoms with Crippen molar-refractivity contribution in [3.8, 4) is 0 Å². The maximum Gasteiger partial charge on any atom is 0.317 e. The van der Waals surface area contributed by atoms with E-state index in [4.69, 9.17) is 0 Å². The number of hydrogen-bond donors (Lipinski definition) is 1. The van der Waals surface area contributed by atoms with E-state index in [2.05, 4.69) is 30.4 Å². The molecule has 1 aliphatic carbocycles. The van der Waals surface area contributed by atoms with Gasteiger partial charge in [0, 0.05) is 38.6 Å². The lowest BCUT2D eigenvalue weighted by Crippen LogP contribution is -2.46. The number of carbonyl (C=O) groups excluding carboxylic acids is 2. The maximum absolute atomic E-state index is 12.6. The Bertz CT molecular complexity index is 640. The van der Waals surface area contributed by atoms with Crippen LogP contribution in [-0.4, -0.2) is 54.0 Å². The summed E-state index contributed by atoms with van der Waals surface area (Å²) in [5.74, 6) is 0.200. The number of urea groups is 1. The number of carbonyl (C=O) groups is 2. The van der Waals surface area contributed by atoms with Crippen molar-refractivity contribution in [2.24, 2.45) is 0 Å². The van der Waals surface area contributed by atoms with Crippen LogP contribution in [0.1, 0.15) is 56.1 Å². The molecule has 1 saturated carbocycles. The SMILES string of the molecule is Cc1cccc(CCC(=O)N2CCCN(C(=O)NC3CCCCC3)CC2)c1. The molecule has 1 N–H and O–H groups in total. The van der Waals surface area contributed by atoms with Gasteiger partial charge in [-0.05, 0) is 38.2 Å². The van der Waals surface area contributed by atoms with E-state index in [0.717, 1.165) is 38.8 Å². The minimum Gasteiger partial charge on any atom is -0.341 e. The van der Waals surface area contributed by atoms with Crippen LogP contribution in [0.4, 0.5) is 4.79 Å². The summed E-state index contributed by atoms with van der Waals surface area (Å²) in [6, 6.07) is 8.74. The zero-order valence-electron chi connectivity index (χ0n) is 16.6. The summed E-state index contributed by atoms with van der Waals surface area (Å²) < 4.78 is 0. The molecule has 1 aromatic carbocycles. The molecule has 2 aliphatic rings. The molecule has 0 unspecified atom stereocenters. The smallest absolute Gasteiger partial charge is 0.317 e. The van der Waals surface area contributed by atoms with Gasteiger partial charge in [0.05, 0.1) is 0 Å². The van der Waals surface area contributed by atoms with E-state index in [0.29, 0.717) is 25.6 Å². The minimum atomic E-state index is 0.0518. The lowest BCUT2D eigenvalue weighted by atomic mass is 9.96. The van der Waals surface area contributed by atoms with Gasteiger partial charge in [0.1, 0.15) is 0 Å². The van der Waals surface area contributed by atoms with Crippen LogP contribution in [0.5, 0.6) is 0 Å². The van der Waals surface area contributed by atoms with Crippen molar-refractivity contribution in [1.29, 1.82) is 0 Å². The van der Waals surface area contributed by atoms with Crippen molar-refractivity contribution in [3.63, 3.8) is 0 Å². The van der Waals surface area contributed by atoms with Crippen molar-refractivity contribution >= 4 is 11.9 Å². The van der Waals surface area contributed by atoms with E-state index in [1.165, 1.54) is 30.4 Å². The summed E-state index contributed by atoms with van der Waals surface area (Å²) in [6.45, 7) is 4.84. The quantitative estimate of drug-likeness (QED) is 0.881. The van der Waals surface area contributed by atoms with Crippen LogP contribution in [0, 0.1) is 6.92 Å². The molecule has 1 heterocycles. The Hall–Kier alpha value is -2.04. The summed E-state index contributed by atoms with van der Waals surface area (Å²) in [4.78, 5) is 29.0. The molecule has 3 amide bonds. The Morgan fingerprint density at radius 1 is 1.00 bits per heavy atom. The first kappa shape index (κ1) is 19.7. The van der Waals surface area contributed by atoms with Crippen molar-refractivity contribution in [3.05, 3.63) is 35.4 Å². The van der Waals surface area contributed by atoms with Gasteiger partial charge in [-0.15, -0.1) is 0 Å². The second-order valence-electron chi connectivity index (χ2n) is 7.99. The van der Waals surface area contributed by atoms with Crippen LogP contribution in [0.25, 0.3) is 0 Å². The Morgan fingerprint density at radius 3 is 2.52 bits per heavy atom. The second kappa shape index (κ2) is 9.77. The first-order valence-corrected chi connectivity index (χ1v) is 10.5. The predicted molar refractivity (Wildman–Crippen MR) is 108 cm³/mol. The van der Waals surface area contributed by atoms with Gasteiger partial charge in [0.2, 0.25) is 5.91 Å². The largest absolute Gasteiger partial charge is 0.341 e. The summed E-state index contributed by atoms with van der Waals surface area (Å²) in [7, 11) is 0. The standard InChI is InChI=1S/C22H33N3O2/c1-18-7-5-8-19(17-18)11-12-21(26)24-13-6-14-25(16-15-24)22(27)23-20-9-3-2-4-10-20/h5,7-8,17,20H,2-4,6,9-16H2,1H3,(H,23,27). The van der Waals surface area contributed by atoms with E-state index in [1.807, 2.05) is 15.9 Å². The molecule has 1 aromatic rings. The third-order valence-corrected chi connectivity index (χ3v) is 5.78. The zero-order chi connectivity index (χ0) is 19.1. The van der Waals surface area contributed by atoms with Crippen molar-refractivity contribution in [2.45, 2.75) is 64.3 Å². The second-order valence-corrected chi connectivity index (χ2v) is 7.99. The third-order valence-electron chi connectivity index (χ3n) is 5.78. The fraction of sp³-hybridized carbons (Fsp3) is 0.636. The molecule has 5 heteroatoms. The van der Waals surface area contributed by atoms with Gasteiger partial charge in [0.15, 0.2) is 0 Å². The average Bonchev–Trinajstić information content (AvgIpc) is 2.93. The number of nitrogens with one attached hydrogen (secondary N) is 1. The minimum absolute atomic E-state index is 0.0518. The third kappa shape index (κ3) is 5.98. The molecule has 0 atom stereocenters. The molecule has 0 bridgehead atoms. The van der Waals surface area contributed by atoms with Gasteiger partial charge in [-0.3, -0.25) is 4.79 Å². The molecule has 148 valence electrons. The van der Waals surface area contributed by atoms with Crippen LogP contribution in [0.3, 0.4) is 0 Å².